The number of hydrogen-bond acceptors (Lipinski definition) is 4. The van der Waals surface area contributed by atoms with Gasteiger partial charge >= 0.3 is 0 Å². The van der Waals surface area contributed by atoms with Gasteiger partial charge in [-0.25, -0.2) is 8.42 Å². The molecule has 2 aromatic carbocycles. The summed E-state index contributed by atoms with van der Waals surface area (Å²) >= 11 is 0. The van der Waals surface area contributed by atoms with E-state index in [1.807, 2.05) is 6.07 Å². The molecule has 26 heavy (non-hydrogen) atoms. The Kier molecular flexibility index (Phi) is 5.43. The first-order valence-electron chi connectivity index (χ1n) is 8.11. The Hall–Kier alpha value is -2.99. The number of rotatable bonds is 6. The minimum absolute atomic E-state index is 0.0450. The lowest BCUT2D eigenvalue weighted by atomic mass is 10.2. The van der Waals surface area contributed by atoms with Crippen LogP contribution in [0.2, 0.25) is 0 Å². The topological polar surface area (TPSA) is 76.1 Å². The third-order valence-corrected chi connectivity index (χ3v) is 6.10. The van der Waals surface area contributed by atoms with Crippen molar-refractivity contribution in [2.45, 2.75) is 10.1 Å². The molecule has 6 heteroatoms. The van der Waals surface area contributed by atoms with Gasteiger partial charge in [0.2, 0.25) is 0 Å². The Morgan fingerprint density at radius 1 is 0.923 bits per heavy atom. The summed E-state index contributed by atoms with van der Waals surface area (Å²) in [5, 5.41) is 1.80. The predicted octanol–water partition coefficient (Wildman–Crippen LogP) is 3.03. The van der Waals surface area contributed by atoms with Gasteiger partial charge in [-0.2, -0.15) is 0 Å². The van der Waals surface area contributed by atoms with E-state index in [1.165, 1.54) is 6.20 Å². The van der Waals surface area contributed by atoms with Crippen LogP contribution in [-0.2, 0) is 9.84 Å². The molecule has 1 N–H and O–H groups in total. The molecule has 0 spiro atoms. The molecule has 0 aliphatic heterocycles. The van der Waals surface area contributed by atoms with Crippen LogP contribution in [0.25, 0.3) is 0 Å². The largest absolute Gasteiger partial charge is 0.350 e. The summed E-state index contributed by atoms with van der Waals surface area (Å²) in [6.45, 7) is -0.0450. The molecule has 1 heterocycles. The molecule has 3 aromatic rings. The van der Waals surface area contributed by atoms with Crippen molar-refractivity contribution in [2.24, 2.45) is 0 Å². The highest BCUT2D eigenvalue weighted by Gasteiger charge is 2.29. The van der Waals surface area contributed by atoms with Gasteiger partial charge in [-0.15, -0.1) is 0 Å². The zero-order valence-electron chi connectivity index (χ0n) is 13.9. The molecule has 1 aromatic heterocycles. The average molecular weight is 366 g/mol. The quantitative estimate of drug-likeness (QED) is 0.727. The minimum atomic E-state index is -3.69. The van der Waals surface area contributed by atoms with Gasteiger partial charge in [0, 0.05) is 24.5 Å². The number of aromatic nitrogens is 1. The van der Waals surface area contributed by atoms with Crippen molar-refractivity contribution in [1.29, 1.82) is 0 Å². The molecular formula is C20H18N2O3S. The van der Waals surface area contributed by atoms with E-state index in [0.717, 1.165) is 0 Å². The summed E-state index contributed by atoms with van der Waals surface area (Å²) in [6, 6.07) is 20.3. The van der Waals surface area contributed by atoms with Crippen molar-refractivity contribution in [3.05, 3.63) is 96.3 Å². The predicted molar refractivity (Wildman–Crippen MR) is 99.4 cm³/mol. The van der Waals surface area contributed by atoms with Crippen molar-refractivity contribution in [3.63, 3.8) is 0 Å². The van der Waals surface area contributed by atoms with E-state index >= 15 is 0 Å². The number of sulfone groups is 1. The van der Waals surface area contributed by atoms with E-state index in [-0.39, 0.29) is 17.3 Å². The molecule has 3 rings (SSSR count). The lowest BCUT2D eigenvalue weighted by Gasteiger charge is -2.18. The average Bonchev–Trinajstić information content (AvgIpc) is 2.70. The highest BCUT2D eigenvalue weighted by molar-refractivity contribution is 7.91. The van der Waals surface area contributed by atoms with Crippen LogP contribution in [0.3, 0.4) is 0 Å². The fraction of sp³-hybridized carbons (Fsp3) is 0.100. The van der Waals surface area contributed by atoms with Crippen LogP contribution < -0.4 is 5.32 Å². The normalized spacial score (nSPS) is 12.3. The van der Waals surface area contributed by atoms with Gasteiger partial charge in [0.15, 0.2) is 9.84 Å². The molecule has 0 aliphatic rings. The maximum absolute atomic E-state index is 13.1. The summed E-state index contributed by atoms with van der Waals surface area (Å²) in [7, 11) is -3.69. The number of pyridine rings is 1. The van der Waals surface area contributed by atoms with Crippen LogP contribution in [0, 0.1) is 0 Å². The molecule has 0 saturated heterocycles. The minimum Gasteiger partial charge on any atom is -0.350 e. The van der Waals surface area contributed by atoms with Crippen molar-refractivity contribution in [2.75, 3.05) is 6.54 Å². The SMILES string of the molecule is O=C(NC[C@@H](c1cccnc1)S(=O)(=O)c1ccccc1)c1ccccc1. The molecule has 5 nitrogen and oxygen atoms in total. The van der Waals surface area contributed by atoms with Crippen molar-refractivity contribution in [3.8, 4) is 0 Å². The maximum Gasteiger partial charge on any atom is 0.251 e. The van der Waals surface area contributed by atoms with E-state index in [1.54, 1.807) is 72.9 Å². The van der Waals surface area contributed by atoms with Crippen LogP contribution in [0.5, 0.6) is 0 Å². The lowest BCUT2D eigenvalue weighted by molar-refractivity contribution is 0.0953. The van der Waals surface area contributed by atoms with Crippen molar-refractivity contribution >= 4 is 15.7 Å². The van der Waals surface area contributed by atoms with Crippen LogP contribution in [0.1, 0.15) is 21.2 Å². The summed E-state index contributed by atoms with van der Waals surface area (Å²) in [5.41, 5.74) is 1.01. The second-order valence-corrected chi connectivity index (χ2v) is 7.84. The fourth-order valence-corrected chi connectivity index (χ4v) is 4.29. The molecule has 0 radical (unpaired) electrons. The van der Waals surface area contributed by atoms with Gasteiger partial charge in [-0.3, -0.25) is 9.78 Å². The van der Waals surface area contributed by atoms with Crippen LogP contribution in [0.4, 0.5) is 0 Å². The number of carbonyl (C=O) groups excluding carboxylic acids is 1. The molecule has 0 unspecified atom stereocenters. The molecule has 0 saturated carbocycles. The van der Waals surface area contributed by atoms with Crippen molar-refractivity contribution < 1.29 is 13.2 Å². The van der Waals surface area contributed by atoms with E-state index in [4.69, 9.17) is 0 Å². The Morgan fingerprint density at radius 3 is 2.19 bits per heavy atom. The summed E-state index contributed by atoms with van der Waals surface area (Å²) in [5.74, 6) is -0.317. The first kappa shape index (κ1) is 17.8. The van der Waals surface area contributed by atoms with E-state index in [0.29, 0.717) is 11.1 Å². The molecule has 0 fully saturated rings. The zero-order chi connectivity index (χ0) is 18.4. The molecule has 0 aliphatic carbocycles. The first-order valence-corrected chi connectivity index (χ1v) is 9.66. The number of nitrogens with zero attached hydrogens (tertiary/aromatic N) is 1. The monoisotopic (exact) mass is 366 g/mol. The van der Waals surface area contributed by atoms with Gasteiger partial charge in [0.05, 0.1) is 4.90 Å². The third-order valence-electron chi connectivity index (χ3n) is 3.99. The Labute approximate surface area is 152 Å². The van der Waals surface area contributed by atoms with Crippen molar-refractivity contribution in [1.82, 2.24) is 10.3 Å². The second kappa shape index (κ2) is 7.93. The lowest BCUT2D eigenvalue weighted by Crippen LogP contribution is -2.32. The maximum atomic E-state index is 13.1. The van der Waals surface area contributed by atoms with Gasteiger partial charge in [-0.1, -0.05) is 42.5 Å². The first-order chi connectivity index (χ1) is 12.6. The summed E-state index contributed by atoms with van der Waals surface area (Å²) in [4.78, 5) is 16.6. The molecule has 0 bridgehead atoms. The number of carbonyl (C=O) groups is 1. The van der Waals surface area contributed by atoms with Gasteiger partial charge in [0.1, 0.15) is 5.25 Å². The van der Waals surface area contributed by atoms with E-state index < -0.39 is 15.1 Å². The number of amides is 1. The summed E-state index contributed by atoms with van der Waals surface area (Å²) in [6.07, 6.45) is 3.10. The Balaban J connectivity index is 1.89. The van der Waals surface area contributed by atoms with Crippen LogP contribution in [0.15, 0.2) is 90.1 Å². The molecular weight excluding hydrogens is 348 g/mol. The fourth-order valence-electron chi connectivity index (χ4n) is 2.62. The molecule has 132 valence electrons. The Morgan fingerprint density at radius 2 is 1.58 bits per heavy atom. The highest BCUT2D eigenvalue weighted by Crippen LogP contribution is 2.28. The second-order valence-electron chi connectivity index (χ2n) is 5.71. The number of benzene rings is 2. The van der Waals surface area contributed by atoms with Gasteiger partial charge in [0.25, 0.3) is 5.91 Å². The highest BCUT2D eigenvalue weighted by atomic mass is 32.2. The molecule has 1 amide bonds. The standard InChI is InChI=1S/C20H18N2O3S/c23-20(16-8-3-1-4-9-16)22-15-19(17-10-7-13-21-14-17)26(24,25)18-11-5-2-6-12-18/h1-14,19H,15H2,(H,22,23)/t19-/m0/s1. The third kappa shape index (κ3) is 3.97. The van der Waals surface area contributed by atoms with Gasteiger partial charge < -0.3 is 5.32 Å². The zero-order valence-corrected chi connectivity index (χ0v) is 14.8. The van der Waals surface area contributed by atoms with E-state index in [9.17, 15) is 13.2 Å². The van der Waals surface area contributed by atoms with Crippen LogP contribution >= 0.6 is 0 Å². The Bertz CT molecular complexity index is 960. The molecule has 1 atom stereocenters. The smallest absolute Gasteiger partial charge is 0.251 e. The number of hydrogen-bond donors (Lipinski definition) is 1. The van der Waals surface area contributed by atoms with E-state index in [2.05, 4.69) is 10.3 Å². The van der Waals surface area contributed by atoms with Gasteiger partial charge in [-0.05, 0) is 35.9 Å². The summed E-state index contributed by atoms with van der Waals surface area (Å²) < 4.78 is 26.2. The van der Waals surface area contributed by atoms with Crippen LogP contribution in [-0.4, -0.2) is 25.9 Å². The number of nitrogens with one attached hydrogen (secondary N) is 1.